The van der Waals surface area contributed by atoms with Crippen LogP contribution in [0.3, 0.4) is 0 Å². The highest BCUT2D eigenvalue weighted by Crippen LogP contribution is 2.12. The number of hydrogen-bond acceptors (Lipinski definition) is 4. The first-order chi connectivity index (χ1) is 6.97. The summed E-state index contributed by atoms with van der Waals surface area (Å²) in [5, 5.41) is 1.78. The zero-order chi connectivity index (χ0) is 11.6. The molecule has 0 aliphatic carbocycles. The Morgan fingerprint density at radius 1 is 1.53 bits per heavy atom. The number of imide groups is 2. The van der Waals surface area contributed by atoms with Crippen molar-refractivity contribution >= 4 is 29.6 Å². The van der Waals surface area contributed by atoms with Crippen LogP contribution in [0, 0.1) is 0 Å². The number of nitrogens with one attached hydrogen (secondary N) is 1. The van der Waals surface area contributed by atoms with Crippen molar-refractivity contribution in [3.63, 3.8) is 0 Å². The van der Waals surface area contributed by atoms with Crippen molar-refractivity contribution in [1.29, 1.82) is 0 Å². The molecule has 4 amide bonds. The average molecular weight is 234 g/mol. The van der Waals surface area contributed by atoms with E-state index in [2.05, 4.69) is 0 Å². The van der Waals surface area contributed by atoms with Crippen LogP contribution in [0.1, 0.15) is 6.92 Å². The van der Waals surface area contributed by atoms with E-state index in [4.69, 9.17) is 0 Å². The predicted molar refractivity (Wildman–Crippen MR) is 53.1 cm³/mol. The summed E-state index contributed by atoms with van der Waals surface area (Å²) in [5.41, 5.74) is 0. The Kier molecular flexibility index (Phi) is 3.67. The molecule has 0 bridgehead atoms. The number of thioether (sulfide) groups is 1. The fourth-order valence-electron chi connectivity index (χ4n) is 1.09. The van der Waals surface area contributed by atoms with Gasteiger partial charge in [0.1, 0.15) is 0 Å². The minimum absolute atomic E-state index is 0.0000945. The monoisotopic (exact) mass is 234 g/mol. The standard InChI is InChI=1S/C8H11FN2O3S/c1-4(15-2)3-11-7(13)5(9)6(12)10-8(11)14/h4-5H,3H2,1-2H3,(H,10,12,14). The lowest BCUT2D eigenvalue weighted by Gasteiger charge is -2.28. The minimum Gasteiger partial charge on any atom is -0.275 e. The van der Waals surface area contributed by atoms with Crippen molar-refractivity contribution in [2.24, 2.45) is 0 Å². The smallest absolute Gasteiger partial charge is 0.275 e. The molecule has 1 heterocycles. The van der Waals surface area contributed by atoms with Crippen molar-refractivity contribution in [2.45, 2.75) is 18.3 Å². The SMILES string of the molecule is CSC(C)CN1C(=O)NC(=O)C(F)C1=O. The van der Waals surface area contributed by atoms with E-state index in [1.165, 1.54) is 11.8 Å². The number of barbiturate groups is 1. The summed E-state index contributed by atoms with van der Waals surface area (Å²) >= 11 is 1.44. The number of hydrogen-bond donors (Lipinski definition) is 1. The maximum Gasteiger partial charge on any atom is 0.330 e. The van der Waals surface area contributed by atoms with Gasteiger partial charge < -0.3 is 0 Å². The minimum atomic E-state index is -2.27. The highest BCUT2D eigenvalue weighted by molar-refractivity contribution is 7.99. The van der Waals surface area contributed by atoms with E-state index in [1.807, 2.05) is 6.26 Å². The van der Waals surface area contributed by atoms with Crippen molar-refractivity contribution in [1.82, 2.24) is 10.2 Å². The number of rotatable bonds is 3. The molecule has 2 unspecified atom stereocenters. The first kappa shape index (κ1) is 12.0. The topological polar surface area (TPSA) is 66.5 Å². The van der Waals surface area contributed by atoms with Crippen LogP contribution in [0.5, 0.6) is 0 Å². The third-order valence-electron chi connectivity index (χ3n) is 2.03. The molecule has 15 heavy (non-hydrogen) atoms. The van der Waals surface area contributed by atoms with Crippen LogP contribution in [-0.2, 0) is 9.59 Å². The molecular formula is C8H11FN2O3S. The molecule has 1 fully saturated rings. The average Bonchev–Trinajstić information content (AvgIpc) is 2.21. The molecule has 0 saturated carbocycles. The summed E-state index contributed by atoms with van der Waals surface area (Å²) in [7, 11) is 0. The van der Waals surface area contributed by atoms with E-state index in [0.29, 0.717) is 0 Å². The summed E-state index contributed by atoms with van der Waals surface area (Å²) in [5.74, 6) is -2.26. The van der Waals surface area contributed by atoms with Gasteiger partial charge in [-0.15, -0.1) is 0 Å². The summed E-state index contributed by atoms with van der Waals surface area (Å²) < 4.78 is 13.0. The van der Waals surface area contributed by atoms with Crippen LogP contribution >= 0.6 is 11.8 Å². The van der Waals surface area contributed by atoms with Gasteiger partial charge in [-0.3, -0.25) is 19.8 Å². The zero-order valence-electron chi connectivity index (χ0n) is 8.32. The molecule has 1 aliphatic rings. The third-order valence-corrected chi connectivity index (χ3v) is 2.98. The molecule has 1 rings (SSSR count). The number of carbonyl (C=O) groups excluding carboxylic acids is 3. The summed E-state index contributed by atoms with van der Waals surface area (Å²) in [6.07, 6.45) is -0.452. The van der Waals surface area contributed by atoms with E-state index in [0.717, 1.165) is 4.90 Å². The number of amides is 4. The van der Waals surface area contributed by atoms with Gasteiger partial charge in [0.2, 0.25) is 0 Å². The summed E-state index contributed by atoms with van der Waals surface area (Å²) in [4.78, 5) is 34.0. The Labute approximate surface area is 90.4 Å². The van der Waals surface area contributed by atoms with Crippen LogP contribution in [0.2, 0.25) is 0 Å². The number of urea groups is 1. The Morgan fingerprint density at radius 2 is 2.13 bits per heavy atom. The van der Waals surface area contributed by atoms with Gasteiger partial charge in [-0.25, -0.2) is 9.18 Å². The Morgan fingerprint density at radius 3 is 2.67 bits per heavy atom. The van der Waals surface area contributed by atoms with E-state index in [9.17, 15) is 18.8 Å². The van der Waals surface area contributed by atoms with Crippen LogP contribution in [0.4, 0.5) is 9.18 Å². The van der Waals surface area contributed by atoms with E-state index in [1.54, 1.807) is 12.2 Å². The lowest BCUT2D eigenvalue weighted by Crippen LogP contribution is -2.60. The molecule has 0 radical (unpaired) electrons. The van der Waals surface area contributed by atoms with Gasteiger partial charge in [0.15, 0.2) is 0 Å². The van der Waals surface area contributed by atoms with Gasteiger partial charge in [0.25, 0.3) is 18.0 Å². The predicted octanol–water partition coefficient (Wildman–Crippen LogP) is 0.154. The Balaban J connectivity index is 2.75. The second kappa shape index (κ2) is 4.61. The van der Waals surface area contributed by atoms with Gasteiger partial charge in [-0.1, -0.05) is 6.92 Å². The van der Waals surface area contributed by atoms with Crippen LogP contribution in [0.25, 0.3) is 0 Å². The summed E-state index contributed by atoms with van der Waals surface area (Å²) in [6.45, 7) is 1.90. The van der Waals surface area contributed by atoms with Gasteiger partial charge in [-0.2, -0.15) is 11.8 Å². The lowest BCUT2D eigenvalue weighted by atomic mass is 10.2. The van der Waals surface area contributed by atoms with Crippen LogP contribution < -0.4 is 5.32 Å². The molecule has 84 valence electrons. The van der Waals surface area contributed by atoms with Crippen LogP contribution in [-0.4, -0.2) is 47.0 Å². The van der Waals surface area contributed by atoms with Crippen LogP contribution in [0.15, 0.2) is 0 Å². The molecular weight excluding hydrogens is 223 g/mol. The third kappa shape index (κ3) is 2.47. The number of alkyl halides is 1. The first-order valence-corrected chi connectivity index (χ1v) is 5.59. The largest absolute Gasteiger partial charge is 0.330 e. The quantitative estimate of drug-likeness (QED) is 0.706. The second-order valence-corrected chi connectivity index (χ2v) is 4.43. The summed E-state index contributed by atoms with van der Waals surface area (Å²) in [6, 6.07) is -0.847. The molecule has 7 heteroatoms. The fraction of sp³-hybridized carbons (Fsp3) is 0.625. The van der Waals surface area contributed by atoms with Crippen molar-refractivity contribution in [2.75, 3.05) is 12.8 Å². The normalized spacial score (nSPS) is 24.1. The van der Waals surface area contributed by atoms with E-state index < -0.39 is 24.0 Å². The number of halogens is 1. The van der Waals surface area contributed by atoms with E-state index >= 15 is 0 Å². The maximum atomic E-state index is 13.0. The molecule has 0 aromatic rings. The molecule has 2 atom stereocenters. The van der Waals surface area contributed by atoms with Crippen molar-refractivity contribution in [3.05, 3.63) is 0 Å². The second-order valence-electron chi connectivity index (χ2n) is 3.15. The van der Waals surface area contributed by atoms with Crippen molar-refractivity contribution < 1.29 is 18.8 Å². The lowest BCUT2D eigenvalue weighted by molar-refractivity contribution is -0.143. The zero-order valence-corrected chi connectivity index (χ0v) is 9.14. The van der Waals surface area contributed by atoms with E-state index in [-0.39, 0.29) is 11.8 Å². The van der Waals surface area contributed by atoms with Gasteiger partial charge in [0.05, 0.1) is 0 Å². The number of nitrogens with zero attached hydrogens (tertiary/aromatic N) is 1. The maximum absolute atomic E-state index is 13.0. The van der Waals surface area contributed by atoms with Crippen molar-refractivity contribution in [3.8, 4) is 0 Å². The van der Waals surface area contributed by atoms with Gasteiger partial charge >= 0.3 is 6.03 Å². The highest BCUT2D eigenvalue weighted by atomic mass is 32.2. The Bertz CT molecular complexity index is 310. The first-order valence-electron chi connectivity index (χ1n) is 4.30. The molecule has 0 aromatic carbocycles. The van der Waals surface area contributed by atoms with Gasteiger partial charge in [-0.05, 0) is 6.26 Å². The highest BCUT2D eigenvalue weighted by Gasteiger charge is 2.40. The molecule has 1 saturated heterocycles. The molecule has 0 spiro atoms. The fourth-order valence-corrected chi connectivity index (χ4v) is 1.39. The Hall–Kier alpha value is -1.11. The molecule has 1 aliphatic heterocycles. The molecule has 5 nitrogen and oxygen atoms in total. The molecule has 1 N–H and O–H groups in total. The molecule has 0 aromatic heterocycles. The number of carbonyl (C=O) groups is 3. The van der Waals surface area contributed by atoms with Gasteiger partial charge in [0, 0.05) is 11.8 Å².